The molecule has 0 fully saturated rings. The highest BCUT2D eigenvalue weighted by atomic mass is 16.5. The molecule has 0 radical (unpaired) electrons. The maximum Gasteiger partial charge on any atom is 0.308 e. The molecular weight excluding hydrogens is 268 g/mol. The molecule has 2 aliphatic rings. The zero-order valence-corrected chi connectivity index (χ0v) is 12.2. The zero-order chi connectivity index (χ0) is 15.6. The largest absolute Gasteiger partial charge is 0.427 e. The minimum Gasteiger partial charge on any atom is -0.427 e. The van der Waals surface area contributed by atoms with Crippen molar-refractivity contribution in [1.29, 1.82) is 0 Å². The summed E-state index contributed by atoms with van der Waals surface area (Å²) in [5, 5.41) is 0. The number of ether oxygens (including phenoxy) is 2. The number of rotatable bonds is 3. The molecule has 0 aromatic carbocycles. The van der Waals surface area contributed by atoms with Crippen LogP contribution in [-0.2, 0) is 14.3 Å². The van der Waals surface area contributed by atoms with Crippen LogP contribution in [0.25, 0.3) is 16.9 Å². The lowest BCUT2D eigenvalue weighted by atomic mass is 10.1. The molecule has 0 unspecified atom stereocenters. The second-order valence-corrected chi connectivity index (χ2v) is 4.68. The van der Waals surface area contributed by atoms with Crippen molar-refractivity contribution in [3.8, 4) is 16.9 Å². The third kappa shape index (κ3) is 2.94. The summed E-state index contributed by atoms with van der Waals surface area (Å²) < 4.78 is 10.4. The van der Waals surface area contributed by atoms with E-state index in [1.165, 1.54) is 13.8 Å². The summed E-state index contributed by atoms with van der Waals surface area (Å²) in [5.41, 5.74) is 3.08. The number of carbonyl (C=O) groups excluding carboxylic acids is 2. The van der Waals surface area contributed by atoms with Crippen LogP contribution in [0, 0.1) is 6.92 Å². The molecule has 0 aliphatic heterocycles. The Balaban J connectivity index is 2.69. The molecule has 4 heteroatoms. The Morgan fingerprint density at radius 3 is 2.19 bits per heavy atom. The first-order chi connectivity index (χ1) is 9.91. The maximum absolute atomic E-state index is 11.4. The van der Waals surface area contributed by atoms with Gasteiger partial charge in [0.1, 0.15) is 11.5 Å². The Labute approximate surface area is 123 Å². The van der Waals surface area contributed by atoms with Crippen LogP contribution in [0.5, 0.6) is 5.75 Å². The highest BCUT2D eigenvalue weighted by molar-refractivity contribution is 5.92. The first-order valence-corrected chi connectivity index (χ1v) is 6.49. The van der Waals surface area contributed by atoms with E-state index in [9.17, 15) is 9.59 Å². The molecule has 0 spiro atoms. The van der Waals surface area contributed by atoms with E-state index in [4.69, 9.17) is 9.47 Å². The second-order valence-electron chi connectivity index (χ2n) is 4.68. The SMILES string of the molecule is C=C(OC(C)=O)c1c(C)c2cccccc-2c1OC(C)=O. The minimum absolute atomic E-state index is 0.176. The van der Waals surface area contributed by atoms with E-state index in [1.54, 1.807) is 0 Å². The Bertz CT molecular complexity index is 700. The fourth-order valence-electron chi connectivity index (χ4n) is 2.32. The van der Waals surface area contributed by atoms with Gasteiger partial charge in [0.05, 0.1) is 5.56 Å². The maximum atomic E-state index is 11.4. The van der Waals surface area contributed by atoms with Crippen molar-refractivity contribution in [3.63, 3.8) is 0 Å². The minimum atomic E-state index is -0.469. The summed E-state index contributed by atoms with van der Waals surface area (Å²) >= 11 is 0. The summed E-state index contributed by atoms with van der Waals surface area (Å²) in [6.45, 7) is 8.27. The van der Waals surface area contributed by atoms with Crippen molar-refractivity contribution < 1.29 is 19.1 Å². The lowest BCUT2D eigenvalue weighted by molar-refractivity contribution is -0.134. The molecule has 0 saturated heterocycles. The Morgan fingerprint density at radius 2 is 1.62 bits per heavy atom. The molecule has 0 heterocycles. The van der Waals surface area contributed by atoms with Gasteiger partial charge in [0.2, 0.25) is 0 Å². The second kappa shape index (κ2) is 5.79. The van der Waals surface area contributed by atoms with E-state index < -0.39 is 11.9 Å². The molecule has 0 aromatic rings. The van der Waals surface area contributed by atoms with Crippen LogP contribution < -0.4 is 4.74 Å². The lowest BCUT2D eigenvalue weighted by Crippen LogP contribution is -2.04. The van der Waals surface area contributed by atoms with E-state index in [-0.39, 0.29) is 5.76 Å². The number of fused-ring (bicyclic) bond motifs is 1. The van der Waals surface area contributed by atoms with Gasteiger partial charge in [-0.2, -0.15) is 0 Å². The van der Waals surface area contributed by atoms with E-state index in [2.05, 4.69) is 6.58 Å². The topological polar surface area (TPSA) is 52.6 Å². The molecular formula is C17H16O4. The van der Waals surface area contributed by atoms with E-state index in [0.717, 1.165) is 16.7 Å². The number of hydrogen-bond donors (Lipinski definition) is 0. The van der Waals surface area contributed by atoms with Gasteiger partial charge in [-0.25, -0.2) is 0 Å². The molecule has 2 rings (SSSR count). The first kappa shape index (κ1) is 14.8. The van der Waals surface area contributed by atoms with Gasteiger partial charge in [-0.05, 0) is 18.1 Å². The summed E-state index contributed by atoms with van der Waals surface area (Å²) in [6.07, 6.45) is 0. The van der Waals surface area contributed by atoms with Gasteiger partial charge in [-0.15, -0.1) is 0 Å². The molecule has 0 saturated carbocycles. The lowest BCUT2D eigenvalue weighted by Gasteiger charge is -2.08. The highest BCUT2D eigenvalue weighted by Crippen LogP contribution is 2.45. The summed E-state index contributed by atoms with van der Waals surface area (Å²) in [7, 11) is 0. The molecule has 0 amide bonds. The third-order valence-corrected chi connectivity index (χ3v) is 3.08. The summed E-state index contributed by atoms with van der Waals surface area (Å²) in [6, 6.07) is 9.41. The zero-order valence-electron chi connectivity index (χ0n) is 12.2. The molecule has 0 bridgehead atoms. The molecule has 0 aromatic heterocycles. The normalized spacial score (nSPS) is 10.2. The number of carbonyl (C=O) groups is 2. The Hall–Kier alpha value is -2.62. The number of hydrogen-bond acceptors (Lipinski definition) is 4. The average Bonchev–Trinajstić information content (AvgIpc) is 2.55. The predicted octanol–water partition coefficient (Wildman–Crippen LogP) is 3.56. The molecule has 21 heavy (non-hydrogen) atoms. The molecule has 108 valence electrons. The summed E-state index contributed by atoms with van der Waals surface area (Å²) in [5.74, 6) is -0.359. The van der Waals surface area contributed by atoms with Crippen LogP contribution in [0.2, 0.25) is 0 Å². The van der Waals surface area contributed by atoms with Gasteiger partial charge < -0.3 is 9.47 Å². The first-order valence-electron chi connectivity index (χ1n) is 6.49. The van der Waals surface area contributed by atoms with Crippen LogP contribution >= 0.6 is 0 Å². The summed E-state index contributed by atoms with van der Waals surface area (Å²) in [4.78, 5) is 22.5. The molecule has 4 nitrogen and oxygen atoms in total. The van der Waals surface area contributed by atoms with Crippen molar-refractivity contribution in [2.24, 2.45) is 0 Å². The third-order valence-electron chi connectivity index (χ3n) is 3.08. The van der Waals surface area contributed by atoms with Gasteiger partial charge >= 0.3 is 11.9 Å². The van der Waals surface area contributed by atoms with Crippen molar-refractivity contribution in [3.05, 3.63) is 48.0 Å². The van der Waals surface area contributed by atoms with Crippen molar-refractivity contribution in [2.75, 3.05) is 0 Å². The van der Waals surface area contributed by atoms with Crippen LogP contribution in [0.4, 0.5) is 0 Å². The van der Waals surface area contributed by atoms with Gasteiger partial charge in [0.15, 0.2) is 0 Å². The Kier molecular flexibility index (Phi) is 4.08. The van der Waals surface area contributed by atoms with E-state index >= 15 is 0 Å². The van der Waals surface area contributed by atoms with Crippen LogP contribution in [-0.4, -0.2) is 11.9 Å². The van der Waals surface area contributed by atoms with E-state index in [1.807, 2.05) is 37.3 Å². The molecule has 0 N–H and O–H groups in total. The molecule has 2 aliphatic carbocycles. The molecule has 0 atom stereocenters. The Morgan fingerprint density at radius 1 is 1.00 bits per heavy atom. The fraction of sp³-hybridized carbons (Fsp3) is 0.176. The van der Waals surface area contributed by atoms with Crippen molar-refractivity contribution in [2.45, 2.75) is 20.8 Å². The average molecular weight is 284 g/mol. The van der Waals surface area contributed by atoms with Crippen LogP contribution in [0.1, 0.15) is 25.0 Å². The van der Waals surface area contributed by atoms with Crippen LogP contribution in [0.3, 0.4) is 0 Å². The number of esters is 2. The van der Waals surface area contributed by atoms with Crippen molar-refractivity contribution in [1.82, 2.24) is 0 Å². The van der Waals surface area contributed by atoms with Crippen molar-refractivity contribution >= 4 is 17.7 Å². The van der Waals surface area contributed by atoms with Gasteiger partial charge in [0.25, 0.3) is 0 Å². The van der Waals surface area contributed by atoms with Gasteiger partial charge in [-0.3, -0.25) is 9.59 Å². The highest BCUT2D eigenvalue weighted by Gasteiger charge is 2.25. The predicted molar refractivity (Wildman–Crippen MR) is 79.9 cm³/mol. The fourth-order valence-corrected chi connectivity index (χ4v) is 2.32. The smallest absolute Gasteiger partial charge is 0.308 e. The van der Waals surface area contributed by atoms with Gasteiger partial charge in [0, 0.05) is 19.4 Å². The quantitative estimate of drug-likeness (QED) is 0.639. The van der Waals surface area contributed by atoms with Gasteiger partial charge in [-0.1, -0.05) is 36.9 Å². The standard InChI is InChI=1S/C17H16O4/c1-10-14-8-6-5-7-9-15(14)17(21-13(4)19)16(10)11(2)20-12(3)18/h5-9H,2H2,1,3-4H3. The monoisotopic (exact) mass is 284 g/mol. The van der Waals surface area contributed by atoms with E-state index in [0.29, 0.717) is 11.3 Å². The van der Waals surface area contributed by atoms with Crippen LogP contribution in [0.15, 0.2) is 36.9 Å².